The highest BCUT2D eigenvalue weighted by Crippen LogP contribution is 2.19. The van der Waals surface area contributed by atoms with Gasteiger partial charge in [-0.05, 0) is 23.6 Å². The van der Waals surface area contributed by atoms with E-state index in [0.717, 1.165) is 17.1 Å². The van der Waals surface area contributed by atoms with Gasteiger partial charge >= 0.3 is 0 Å². The molecule has 1 amide bonds. The Labute approximate surface area is 114 Å². The quantitative estimate of drug-likeness (QED) is 0.765. The Bertz CT molecular complexity index is 675. The zero-order valence-electron chi connectivity index (χ0n) is 9.96. The van der Waals surface area contributed by atoms with Crippen molar-refractivity contribution in [2.24, 2.45) is 0 Å². The molecule has 1 aromatic carbocycles. The van der Waals surface area contributed by atoms with E-state index in [1.807, 2.05) is 35.0 Å². The number of H-pyrrole nitrogens is 1. The fourth-order valence-corrected chi connectivity index (χ4v) is 2.40. The summed E-state index contributed by atoms with van der Waals surface area (Å²) in [6.45, 7) is 0. The molecule has 94 valence electrons. The van der Waals surface area contributed by atoms with Crippen LogP contribution in [0.25, 0.3) is 11.4 Å². The average Bonchev–Trinajstić information content (AvgIpc) is 3.13. The Kier molecular flexibility index (Phi) is 3.12. The van der Waals surface area contributed by atoms with E-state index < -0.39 is 0 Å². The maximum Gasteiger partial charge on any atom is 0.256 e. The largest absolute Gasteiger partial charge is 0.345 e. The molecule has 0 saturated heterocycles. The van der Waals surface area contributed by atoms with Crippen LogP contribution in [0.1, 0.15) is 10.4 Å². The molecule has 2 aromatic heterocycles. The van der Waals surface area contributed by atoms with Gasteiger partial charge in [-0.25, -0.2) is 4.98 Å². The standard InChI is InChI=1S/C14H11N3OS/c18-14(11-4-7-19-9-11)17-12-3-1-2-10(8-12)13-15-5-6-16-13/h1-9H,(H,15,16)(H,17,18). The number of hydrogen-bond acceptors (Lipinski definition) is 3. The van der Waals surface area contributed by atoms with E-state index in [9.17, 15) is 4.79 Å². The van der Waals surface area contributed by atoms with E-state index in [1.165, 1.54) is 11.3 Å². The minimum Gasteiger partial charge on any atom is -0.345 e. The topological polar surface area (TPSA) is 57.8 Å². The number of benzene rings is 1. The van der Waals surface area contributed by atoms with E-state index in [1.54, 1.807) is 18.5 Å². The van der Waals surface area contributed by atoms with Crippen molar-refractivity contribution in [3.63, 3.8) is 0 Å². The van der Waals surface area contributed by atoms with Gasteiger partial charge in [0.05, 0.1) is 5.56 Å². The van der Waals surface area contributed by atoms with E-state index in [-0.39, 0.29) is 5.91 Å². The van der Waals surface area contributed by atoms with Gasteiger partial charge in [0, 0.05) is 29.0 Å². The number of carbonyl (C=O) groups is 1. The Morgan fingerprint density at radius 2 is 2.26 bits per heavy atom. The number of imidazole rings is 1. The highest BCUT2D eigenvalue weighted by molar-refractivity contribution is 7.08. The zero-order chi connectivity index (χ0) is 13.1. The van der Waals surface area contributed by atoms with Crippen LogP contribution in [0.3, 0.4) is 0 Å². The smallest absolute Gasteiger partial charge is 0.256 e. The summed E-state index contributed by atoms with van der Waals surface area (Å²) in [5, 5.41) is 6.58. The summed E-state index contributed by atoms with van der Waals surface area (Å²) in [5.41, 5.74) is 2.37. The first-order valence-corrected chi connectivity index (χ1v) is 6.70. The fraction of sp³-hybridized carbons (Fsp3) is 0. The van der Waals surface area contributed by atoms with Gasteiger partial charge in [0.15, 0.2) is 0 Å². The second-order valence-corrected chi connectivity index (χ2v) is 4.76. The van der Waals surface area contributed by atoms with Crippen molar-refractivity contribution in [3.05, 3.63) is 59.0 Å². The summed E-state index contributed by atoms with van der Waals surface area (Å²) in [4.78, 5) is 19.2. The molecule has 3 rings (SSSR count). The molecule has 19 heavy (non-hydrogen) atoms. The lowest BCUT2D eigenvalue weighted by Gasteiger charge is -2.05. The molecule has 0 unspecified atom stereocenters. The predicted octanol–water partition coefficient (Wildman–Crippen LogP) is 3.39. The minimum absolute atomic E-state index is 0.0992. The van der Waals surface area contributed by atoms with Gasteiger partial charge in [-0.15, -0.1) is 0 Å². The summed E-state index contributed by atoms with van der Waals surface area (Å²) in [7, 11) is 0. The van der Waals surface area contributed by atoms with Crippen LogP contribution < -0.4 is 5.32 Å². The number of aromatic amines is 1. The number of amides is 1. The lowest BCUT2D eigenvalue weighted by Crippen LogP contribution is -2.10. The first-order valence-electron chi connectivity index (χ1n) is 5.76. The van der Waals surface area contributed by atoms with E-state index in [2.05, 4.69) is 15.3 Å². The van der Waals surface area contributed by atoms with Crippen LogP contribution in [0.15, 0.2) is 53.5 Å². The number of hydrogen-bond donors (Lipinski definition) is 2. The highest BCUT2D eigenvalue weighted by Gasteiger charge is 2.07. The molecule has 0 bridgehead atoms. The maximum atomic E-state index is 11.9. The van der Waals surface area contributed by atoms with Crippen molar-refractivity contribution in [2.75, 3.05) is 5.32 Å². The van der Waals surface area contributed by atoms with Crippen LogP contribution in [0.5, 0.6) is 0 Å². The number of carbonyl (C=O) groups excluding carboxylic acids is 1. The van der Waals surface area contributed by atoms with Crippen LogP contribution in [-0.4, -0.2) is 15.9 Å². The van der Waals surface area contributed by atoms with Crippen molar-refractivity contribution in [1.29, 1.82) is 0 Å². The first kappa shape index (κ1) is 11.7. The summed E-state index contributed by atoms with van der Waals surface area (Å²) in [6.07, 6.45) is 3.47. The van der Waals surface area contributed by atoms with Gasteiger partial charge in [-0.3, -0.25) is 4.79 Å². The van der Waals surface area contributed by atoms with Gasteiger partial charge in [0.25, 0.3) is 5.91 Å². The van der Waals surface area contributed by atoms with E-state index in [0.29, 0.717) is 5.56 Å². The molecule has 0 radical (unpaired) electrons. The predicted molar refractivity (Wildman–Crippen MR) is 76.3 cm³/mol. The van der Waals surface area contributed by atoms with Gasteiger partial charge in [-0.1, -0.05) is 12.1 Å². The van der Waals surface area contributed by atoms with Crippen molar-refractivity contribution < 1.29 is 4.79 Å². The summed E-state index contributed by atoms with van der Waals surface area (Å²) in [5.74, 6) is 0.685. The molecule has 5 heteroatoms. The molecule has 0 saturated carbocycles. The molecule has 0 aliphatic carbocycles. The van der Waals surface area contributed by atoms with Gasteiger partial charge in [-0.2, -0.15) is 11.3 Å². The van der Waals surface area contributed by atoms with Crippen molar-refractivity contribution in [2.45, 2.75) is 0 Å². The molecular weight excluding hydrogens is 258 g/mol. The molecule has 2 heterocycles. The molecule has 4 nitrogen and oxygen atoms in total. The molecule has 3 aromatic rings. The van der Waals surface area contributed by atoms with Crippen LogP contribution in [0, 0.1) is 0 Å². The van der Waals surface area contributed by atoms with Crippen LogP contribution in [0.2, 0.25) is 0 Å². The van der Waals surface area contributed by atoms with Gasteiger partial charge < -0.3 is 10.3 Å². The summed E-state index contributed by atoms with van der Waals surface area (Å²) in [6, 6.07) is 9.39. The van der Waals surface area contributed by atoms with Crippen molar-refractivity contribution in [3.8, 4) is 11.4 Å². The number of rotatable bonds is 3. The van der Waals surface area contributed by atoms with Crippen LogP contribution in [-0.2, 0) is 0 Å². The third-order valence-electron chi connectivity index (χ3n) is 2.68. The number of thiophene rings is 1. The van der Waals surface area contributed by atoms with Crippen molar-refractivity contribution in [1.82, 2.24) is 9.97 Å². The Hall–Kier alpha value is -2.40. The summed E-state index contributed by atoms with van der Waals surface area (Å²) < 4.78 is 0. The van der Waals surface area contributed by atoms with Crippen LogP contribution in [0.4, 0.5) is 5.69 Å². The fourth-order valence-electron chi connectivity index (χ4n) is 1.76. The monoisotopic (exact) mass is 269 g/mol. The lowest BCUT2D eigenvalue weighted by atomic mass is 10.2. The Balaban J connectivity index is 1.82. The molecule has 0 aliphatic rings. The van der Waals surface area contributed by atoms with E-state index >= 15 is 0 Å². The first-order chi connectivity index (χ1) is 9.33. The second-order valence-electron chi connectivity index (χ2n) is 3.98. The Morgan fingerprint density at radius 1 is 1.32 bits per heavy atom. The van der Waals surface area contributed by atoms with Crippen LogP contribution >= 0.6 is 11.3 Å². The number of nitrogens with one attached hydrogen (secondary N) is 2. The molecule has 0 aliphatic heterocycles. The van der Waals surface area contributed by atoms with E-state index in [4.69, 9.17) is 0 Å². The Morgan fingerprint density at radius 3 is 3.00 bits per heavy atom. The minimum atomic E-state index is -0.0992. The molecular formula is C14H11N3OS. The lowest BCUT2D eigenvalue weighted by molar-refractivity contribution is 0.102. The average molecular weight is 269 g/mol. The van der Waals surface area contributed by atoms with Gasteiger partial charge in [0.2, 0.25) is 0 Å². The van der Waals surface area contributed by atoms with Gasteiger partial charge in [0.1, 0.15) is 5.82 Å². The SMILES string of the molecule is O=C(Nc1cccc(-c2ncc[nH]2)c1)c1ccsc1. The number of nitrogens with zero attached hydrogens (tertiary/aromatic N) is 1. The normalized spacial score (nSPS) is 10.3. The highest BCUT2D eigenvalue weighted by atomic mass is 32.1. The maximum absolute atomic E-state index is 11.9. The van der Waals surface area contributed by atoms with Crippen molar-refractivity contribution >= 4 is 22.9 Å². The third kappa shape index (κ3) is 2.56. The molecule has 2 N–H and O–H groups in total. The summed E-state index contributed by atoms with van der Waals surface area (Å²) >= 11 is 1.50. The zero-order valence-corrected chi connectivity index (χ0v) is 10.8. The second kappa shape index (κ2) is 5.07. The third-order valence-corrected chi connectivity index (χ3v) is 3.36. The number of aromatic nitrogens is 2. The molecule has 0 spiro atoms. The molecule has 0 atom stereocenters. The molecule has 0 fully saturated rings. The number of anilines is 1.